The fourth-order valence-corrected chi connectivity index (χ4v) is 2.99. The molecular formula is C12H19N3S. The van der Waals surface area contributed by atoms with Crippen LogP contribution in [-0.2, 0) is 6.54 Å². The lowest BCUT2D eigenvalue weighted by atomic mass is 10.2. The van der Waals surface area contributed by atoms with Gasteiger partial charge in [0, 0.05) is 36.8 Å². The molecule has 1 aliphatic heterocycles. The Morgan fingerprint density at radius 2 is 2.50 bits per heavy atom. The van der Waals surface area contributed by atoms with Crippen molar-refractivity contribution in [3.8, 4) is 0 Å². The standard InChI is InChI=1S/C12H19N3S/c1-10-9-15(5-6-16-10)12-7-11(8-13-2)3-4-14-12/h3-4,7,10,13H,5-6,8-9H2,1-2H3. The number of hydrogen-bond acceptors (Lipinski definition) is 4. The number of pyridine rings is 1. The highest BCUT2D eigenvalue weighted by molar-refractivity contribution is 8.00. The summed E-state index contributed by atoms with van der Waals surface area (Å²) in [6, 6.07) is 4.27. The van der Waals surface area contributed by atoms with Crippen molar-refractivity contribution >= 4 is 17.6 Å². The van der Waals surface area contributed by atoms with E-state index in [1.165, 1.54) is 11.3 Å². The quantitative estimate of drug-likeness (QED) is 0.867. The summed E-state index contributed by atoms with van der Waals surface area (Å²) in [7, 11) is 1.97. The van der Waals surface area contributed by atoms with Gasteiger partial charge in [0.15, 0.2) is 0 Å². The molecule has 2 rings (SSSR count). The zero-order valence-electron chi connectivity index (χ0n) is 9.94. The minimum absolute atomic E-state index is 0.712. The molecule has 16 heavy (non-hydrogen) atoms. The average Bonchev–Trinajstić information content (AvgIpc) is 2.30. The highest BCUT2D eigenvalue weighted by atomic mass is 32.2. The van der Waals surface area contributed by atoms with Crippen LogP contribution in [0.2, 0.25) is 0 Å². The van der Waals surface area contributed by atoms with Crippen molar-refractivity contribution in [3.63, 3.8) is 0 Å². The SMILES string of the molecule is CNCc1ccnc(N2CCSC(C)C2)c1. The monoisotopic (exact) mass is 237 g/mol. The first-order chi connectivity index (χ1) is 7.79. The third-order valence-electron chi connectivity index (χ3n) is 2.76. The van der Waals surface area contributed by atoms with Crippen molar-refractivity contribution in [3.05, 3.63) is 23.9 Å². The molecule has 3 nitrogen and oxygen atoms in total. The Kier molecular flexibility index (Phi) is 4.07. The Bertz CT molecular complexity index is 343. The van der Waals surface area contributed by atoms with Crippen molar-refractivity contribution < 1.29 is 0 Å². The van der Waals surface area contributed by atoms with Crippen LogP contribution in [0.25, 0.3) is 0 Å². The first kappa shape index (κ1) is 11.7. The summed E-state index contributed by atoms with van der Waals surface area (Å²) in [4.78, 5) is 6.86. The van der Waals surface area contributed by atoms with Crippen LogP contribution in [0.5, 0.6) is 0 Å². The van der Waals surface area contributed by atoms with Crippen molar-refractivity contribution in [2.45, 2.75) is 18.7 Å². The molecule has 0 radical (unpaired) electrons. The van der Waals surface area contributed by atoms with E-state index in [0.717, 1.165) is 25.5 Å². The predicted octanol–water partition coefficient (Wildman–Crippen LogP) is 1.74. The fourth-order valence-electron chi connectivity index (χ4n) is 1.97. The van der Waals surface area contributed by atoms with E-state index < -0.39 is 0 Å². The molecule has 1 fully saturated rings. The average molecular weight is 237 g/mol. The van der Waals surface area contributed by atoms with Gasteiger partial charge in [-0.05, 0) is 24.7 Å². The second-order valence-corrected chi connectivity index (χ2v) is 5.73. The van der Waals surface area contributed by atoms with Gasteiger partial charge in [0.2, 0.25) is 0 Å². The van der Waals surface area contributed by atoms with Gasteiger partial charge in [0.05, 0.1) is 0 Å². The van der Waals surface area contributed by atoms with Crippen LogP contribution in [0.4, 0.5) is 5.82 Å². The van der Waals surface area contributed by atoms with Crippen molar-refractivity contribution in [2.24, 2.45) is 0 Å². The Hall–Kier alpha value is -0.740. The van der Waals surface area contributed by atoms with Gasteiger partial charge >= 0.3 is 0 Å². The highest BCUT2D eigenvalue weighted by Crippen LogP contribution is 2.22. The molecule has 1 atom stereocenters. The third-order valence-corrected chi connectivity index (χ3v) is 3.89. The van der Waals surface area contributed by atoms with Crippen molar-refractivity contribution in [1.29, 1.82) is 0 Å². The van der Waals surface area contributed by atoms with Crippen LogP contribution < -0.4 is 10.2 Å². The molecule has 1 aliphatic rings. The minimum Gasteiger partial charge on any atom is -0.355 e. The van der Waals surface area contributed by atoms with Gasteiger partial charge in [0.1, 0.15) is 5.82 Å². The summed E-state index contributed by atoms with van der Waals surface area (Å²) >= 11 is 2.05. The third kappa shape index (κ3) is 2.89. The van der Waals surface area contributed by atoms with Gasteiger partial charge in [0.25, 0.3) is 0 Å². The van der Waals surface area contributed by atoms with E-state index in [4.69, 9.17) is 0 Å². The zero-order chi connectivity index (χ0) is 11.4. The van der Waals surface area contributed by atoms with E-state index in [9.17, 15) is 0 Å². The van der Waals surface area contributed by atoms with Gasteiger partial charge in [-0.25, -0.2) is 4.98 Å². The molecule has 1 aromatic heterocycles. The number of rotatable bonds is 3. The second kappa shape index (κ2) is 5.55. The Balaban J connectivity index is 2.09. The summed E-state index contributed by atoms with van der Waals surface area (Å²) in [6.45, 7) is 5.42. The van der Waals surface area contributed by atoms with Crippen LogP contribution in [0, 0.1) is 0 Å². The van der Waals surface area contributed by atoms with E-state index in [0.29, 0.717) is 5.25 Å². The zero-order valence-corrected chi connectivity index (χ0v) is 10.8. The molecule has 4 heteroatoms. The maximum Gasteiger partial charge on any atom is 0.128 e. The van der Waals surface area contributed by atoms with Crippen LogP contribution >= 0.6 is 11.8 Å². The molecule has 0 saturated carbocycles. The topological polar surface area (TPSA) is 28.2 Å². The van der Waals surface area contributed by atoms with Crippen LogP contribution in [0.3, 0.4) is 0 Å². The first-order valence-corrected chi connectivity index (χ1v) is 6.80. The van der Waals surface area contributed by atoms with Gasteiger partial charge in [-0.1, -0.05) is 6.92 Å². The molecule has 1 aromatic rings. The van der Waals surface area contributed by atoms with E-state index in [2.05, 4.69) is 34.3 Å². The van der Waals surface area contributed by atoms with Gasteiger partial charge in [-0.15, -0.1) is 0 Å². The Morgan fingerprint density at radius 3 is 3.25 bits per heavy atom. The molecule has 0 bridgehead atoms. The molecular weight excluding hydrogens is 218 g/mol. The summed E-state index contributed by atoms with van der Waals surface area (Å²) in [5, 5.41) is 3.88. The summed E-state index contributed by atoms with van der Waals surface area (Å²) in [5.74, 6) is 2.33. The van der Waals surface area contributed by atoms with Gasteiger partial charge in [-0.2, -0.15) is 11.8 Å². The second-order valence-electron chi connectivity index (χ2n) is 4.18. The minimum atomic E-state index is 0.712. The lowest BCUT2D eigenvalue weighted by Gasteiger charge is -2.31. The number of anilines is 1. The number of nitrogens with zero attached hydrogens (tertiary/aromatic N) is 2. The van der Waals surface area contributed by atoms with E-state index in [-0.39, 0.29) is 0 Å². The maximum atomic E-state index is 4.47. The lowest BCUT2D eigenvalue weighted by Crippen LogP contribution is -2.37. The lowest BCUT2D eigenvalue weighted by molar-refractivity contribution is 0.764. The van der Waals surface area contributed by atoms with Crippen molar-refractivity contribution in [2.75, 3.05) is 30.8 Å². The van der Waals surface area contributed by atoms with Gasteiger partial charge in [-0.3, -0.25) is 0 Å². The summed E-state index contributed by atoms with van der Waals surface area (Å²) < 4.78 is 0. The molecule has 88 valence electrons. The molecule has 1 N–H and O–H groups in total. The Labute approximate surface area is 102 Å². The fraction of sp³-hybridized carbons (Fsp3) is 0.583. The molecule has 1 unspecified atom stereocenters. The van der Waals surface area contributed by atoms with Crippen molar-refractivity contribution in [1.82, 2.24) is 10.3 Å². The normalized spacial score (nSPS) is 21.1. The van der Waals surface area contributed by atoms with Crippen LogP contribution in [0.1, 0.15) is 12.5 Å². The van der Waals surface area contributed by atoms with E-state index >= 15 is 0 Å². The van der Waals surface area contributed by atoms with E-state index in [1.807, 2.05) is 25.0 Å². The smallest absolute Gasteiger partial charge is 0.128 e. The first-order valence-electron chi connectivity index (χ1n) is 5.75. The molecule has 0 spiro atoms. The summed E-state index contributed by atoms with van der Waals surface area (Å²) in [6.07, 6.45) is 1.91. The van der Waals surface area contributed by atoms with Gasteiger partial charge < -0.3 is 10.2 Å². The highest BCUT2D eigenvalue weighted by Gasteiger charge is 2.17. The summed E-state index contributed by atoms with van der Waals surface area (Å²) in [5.41, 5.74) is 1.30. The number of hydrogen-bond donors (Lipinski definition) is 1. The van der Waals surface area contributed by atoms with E-state index in [1.54, 1.807) is 0 Å². The molecule has 0 aromatic carbocycles. The van der Waals surface area contributed by atoms with Crippen LogP contribution in [0.15, 0.2) is 18.3 Å². The molecule has 2 heterocycles. The maximum absolute atomic E-state index is 4.47. The van der Waals surface area contributed by atoms with Crippen LogP contribution in [-0.4, -0.2) is 36.1 Å². The number of thioether (sulfide) groups is 1. The number of aromatic nitrogens is 1. The largest absolute Gasteiger partial charge is 0.355 e. The Morgan fingerprint density at radius 1 is 1.62 bits per heavy atom. The molecule has 1 saturated heterocycles. The molecule has 0 amide bonds. The predicted molar refractivity (Wildman–Crippen MR) is 71.1 cm³/mol. The molecule has 0 aliphatic carbocycles. The number of nitrogens with one attached hydrogen (secondary N) is 1.